The lowest BCUT2D eigenvalue weighted by Crippen LogP contribution is -2.43. The monoisotopic (exact) mass is 252 g/mol. The van der Waals surface area contributed by atoms with E-state index in [9.17, 15) is 4.79 Å². The molecule has 2 heterocycles. The van der Waals surface area contributed by atoms with Crippen LogP contribution in [0.4, 0.5) is 10.6 Å². The van der Waals surface area contributed by atoms with E-state index in [1.165, 1.54) is 0 Å². The second kappa shape index (κ2) is 5.39. The highest BCUT2D eigenvalue weighted by Gasteiger charge is 2.23. The average Bonchev–Trinajstić information content (AvgIpc) is 2.89. The lowest BCUT2D eigenvalue weighted by Gasteiger charge is -2.20. The number of aryl methyl sites for hydroxylation is 2. The van der Waals surface area contributed by atoms with E-state index in [2.05, 4.69) is 15.7 Å². The third kappa shape index (κ3) is 3.01. The Balaban J connectivity index is 1.86. The van der Waals surface area contributed by atoms with Crippen LogP contribution in [0.1, 0.15) is 25.5 Å². The number of urea groups is 1. The normalized spacial score (nSPS) is 20.7. The first-order valence-electron chi connectivity index (χ1n) is 6.26. The van der Waals surface area contributed by atoms with Crippen LogP contribution in [0, 0.1) is 6.92 Å². The van der Waals surface area contributed by atoms with Crippen molar-refractivity contribution in [3.8, 4) is 0 Å². The highest BCUT2D eigenvalue weighted by atomic mass is 16.5. The smallest absolute Gasteiger partial charge is 0.320 e. The molecule has 1 aromatic heterocycles. The van der Waals surface area contributed by atoms with E-state index in [4.69, 9.17) is 4.74 Å². The van der Waals surface area contributed by atoms with E-state index >= 15 is 0 Å². The Morgan fingerprint density at radius 1 is 1.67 bits per heavy atom. The van der Waals surface area contributed by atoms with Crippen molar-refractivity contribution < 1.29 is 9.53 Å². The van der Waals surface area contributed by atoms with Crippen LogP contribution >= 0.6 is 0 Å². The molecule has 2 atom stereocenters. The summed E-state index contributed by atoms with van der Waals surface area (Å²) >= 11 is 0. The van der Waals surface area contributed by atoms with Gasteiger partial charge in [-0.1, -0.05) is 0 Å². The summed E-state index contributed by atoms with van der Waals surface area (Å²) in [4.78, 5) is 11.8. The van der Waals surface area contributed by atoms with Crippen LogP contribution in [0.2, 0.25) is 0 Å². The Labute approximate surface area is 107 Å². The molecule has 1 fully saturated rings. The van der Waals surface area contributed by atoms with Crippen molar-refractivity contribution in [3.05, 3.63) is 11.8 Å². The number of carbonyl (C=O) groups is 1. The summed E-state index contributed by atoms with van der Waals surface area (Å²) < 4.78 is 7.18. The van der Waals surface area contributed by atoms with Gasteiger partial charge in [-0.05, 0) is 26.7 Å². The fourth-order valence-electron chi connectivity index (χ4n) is 2.18. The molecule has 1 aromatic rings. The maximum Gasteiger partial charge on any atom is 0.320 e. The van der Waals surface area contributed by atoms with E-state index in [0.717, 1.165) is 25.1 Å². The summed E-state index contributed by atoms with van der Waals surface area (Å²) in [6.07, 6.45) is 2.20. The zero-order valence-corrected chi connectivity index (χ0v) is 11.1. The maximum atomic E-state index is 11.8. The van der Waals surface area contributed by atoms with E-state index in [1.54, 1.807) is 11.7 Å². The van der Waals surface area contributed by atoms with Gasteiger partial charge in [-0.25, -0.2) is 4.79 Å². The zero-order chi connectivity index (χ0) is 13.1. The number of aromatic nitrogens is 2. The predicted molar refractivity (Wildman–Crippen MR) is 68.5 cm³/mol. The van der Waals surface area contributed by atoms with Gasteiger partial charge in [-0.3, -0.25) is 10.00 Å². The van der Waals surface area contributed by atoms with E-state index in [1.807, 2.05) is 19.9 Å². The number of hydrogen-bond acceptors (Lipinski definition) is 3. The molecule has 1 saturated heterocycles. The minimum Gasteiger partial charge on any atom is -0.376 e. The fourth-order valence-corrected chi connectivity index (χ4v) is 2.18. The third-order valence-electron chi connectivity index (χ3n) is 3.12. The molecule has 2 N–H and O–H groups in total. The number of nitrogens with zero attached hydrogens (tertiary/aromatic N) is 2. The zero-order valence-electron chi connectivity index (χ0n) is 11.1. The molecule has 2 rings (SSSR count). The van der Waals surface area contributed by atoms with Crippen molar-refractivity contribution in [2.45, 2.75) is 38.8 Å². The molecule has 0 spiro atoms. The highest BCUT2D eigenvalue weighted by Crippen LogP contribution is 2.15. The van der Waals surface area contributed by atoms with Crippen LogP contribution in [0.25, 0.3) is 0 Å². The van der Waals surface area contributed by atoms with Gasteiger partial charge in [0.05, 0.1) is 17.8 Å². The van der Waals surface area contributed by atoms with Gasteiger partial charge >= 0.3 is 6.03 Å². The molecule has 1 aliphatic rings. The number of anilines is 1. The van der Waals surface area contributed by atoms with Crippen LogP contribution in [0.3, 0.4) is 0 Å². The Bertz CT molecular complexity index is 424. The van der Waals surface area contributed by atoms with E-state index < -0.39 is 0 Å². The van der Waals surface area contributed by atoms with Crippen LogP contribution in [-0.2, 0) is 11.8 Å². The topological polar surface area (TPSA) is 68.2 Å². The summed E-state index contributed by atoms with van der Waals surface area (Å²) in [6, 6.07) is 1.62. The quantitative estimate of drug-likeness (QED) is 0.854. The molecule has 2 amide bonds. The maximum absolute atomic E-state index is 11.8. The molecule has 1 aliphatic heterocycles. The molecule has 0 bridgehead atoms. The minimum atomic E-state index is -0.221. The first-order valence-corrected chi connectivity index (χ1v) is 6.26. The molecule has 0 aromatic carbocycles. The molecule has 0 unspecified atom stereocenters. The molecule has 0 aliphatic carbocycles. The molecule has 18 heavy (non-hydrogen) atoms. The number of ether oxygens (including phenoxy) is 1. The number of hydrogen-bond donors (Lipinski definition) is 2. The molecular formula is C12H20N4O2. The van der Waals surface area contributed by atoms with Crippen LogP contribution in [0.5, 0.6) is 0 Å². The molecule has 6 nitrogen and oxygen atoms in total. The lowest BCUT2D eigenvalue weighted by molar-refractivity contribution is 0.0868. The molecule has 6 heteroatoms. The second-order valence-corrected chi connectivity index (χ2v) is 4.73. The summed E-state index contributed by atoms with van der Waals surface area (Å²) in [5.41, 5.74) is 0.875. The highest BCUT2D eigenvalue weighted by molar-refractivity contribution is 5.88. The number of carbonyl (C=O) groups excluding carboxylic acids is 1. The Hall–Kier alpha value is -1.56. The fraction of sp³-hybridized carbons (Fsp3) is 0.667. The van der Waals surface area contributed by atoms with Crippen LogP contribution in [0.15, 0.2) is 6.07 Å². The van der Waals surface area contributed by atoms with Gasteiger partial charge in [0, 0.05) is 19.7 Å². The average molecular weight is 252 g/mol. The van der Waals surface area contributed by atoms with Crippen molar-refractivity contribution in [1.29, 1.82) is 0 Å². The molecule has 100 valence electrons. The Morgan fingerprint density at radius 2 is 2.44 bits per heavy atom. The van der Waals surface area contributed by atoms with Crippen molar-refractivity contribution in [3.63, 3.8) is 0 Å². The standard InChI is InChI=1S/C12H20N4O2/c1-8-7-11(16(3)15-8)14-12(17)13-9(2)10-5-4-6-18-10/h7,9-10H,4-6H2,1-3H3,(H2,13,14,17)/t9-,10+/m0/s1. The SMILES string of the molecule is Cc1cc(NC(=O)N[C@@H](C)[C@H]2CCCO2)n(C)n1. The summed E-state index contributed by atoms with van der Waals surface area (Å²) in [6.45, 7) is 4.64. The number of nitrogens with one attached hydrogen (secondary N) is 2. The third-order valence-corrected chi connectivity index (χ3v) is 3.12. The van der Waals surface area contributed by atoms with E-state index in [-0.39, 0.29) is 18.2 Å². The second-order valence-electron chi connectivity index (χ2n) is 4.73. The van der Waals surface area contributed by atoms with Gasteiger partial charge in [-0.15, -0.1) is 0 Å². The van der Waals surface area contributed by atoms with E-state index in [0.29, 0.717) is 5.82 Å². The lowest BCUT2D eigenvalue weighted by atomic mass is 10.1. The van der Waals surface area contributed by atoms with Gasteiger partial charge in [0.1, 0.15) is 5.82 Å². The van der Waals surface area contributed by atoms with Crippen molar-refractivity contribution >= 4 is 11.8 Å². The first kappa shape index (κ1) is 12.9. The Morgan fingerprint density at radius 3 is 3.00 bits per heavy atom. The van der Waals surface area contributed by atoms with Crippen molar-refractivity contribution in [2.75, 3.05) is 11.9 Å². The number of amides is 2. The van der Waals surface area contributed by atoms with Crippen LogP contribution in [-0.4, -0.2) is 34.6 Å². The first-order chi connectivity index (χ1) is 8.56. The minimum absolute atomic E-state index is 0.0156. The molecular weight excluding hydrogens is 232 g/mol. The summed E-state index contributed by atoms with van der Waals surface area (Å²) in [7, 11) is 1.80. The van der Waals surface area contributed by atoms with Crippen molar-refractivity contribution in [1.82, 2.24) is 15.1 Å². The summed E-state index contributed by atoms with van der Waals surface area (Å²) in [5.74, 6) is 0.685. The van der Waals surface area contributed by atoms with Gasteiger partial charge in [0.15, 0.2) is 0 Å². The van der Waals surface area contributed by atoms with Gasteiger partial charge in [0.2, 0.25) is 0 Å². The Kier molecular flexibility index (Phi) is 3.86. The largest absolute Gasteiger partial charge is 0.376 e. The van der Waals surface area contributed by atoms with Crippen LogP contribution < -0.4 is 10.6 Å². The van der Waals surface area contributed by atoms with Gasteiger partial charge < -0.3 is 10.1 Å². The predicted octanol–water partition coefficient (Wildman–Crippen LogP) is 1.42. The van der Waals surface area contributed by atoms with Crippen molar-refractivity contribution in [2.24, 2.45) is 7.05 Å². The number of rotatable bonds is 3. The van der Waals surface area contributed by atoms with Gasteiger partial charge in [-0.2, -0.15) is 5.10 Å². The van der Waals surface area contributed by atoms with Gasteiger partial charge in [0.25, 0.3) is 0 Å². The molecule has 0 radical (unpaired) electrons. The summed E-state index contributed by atoms with van der Waals surface area (Å²) in [5, 5.41) is 9.84. The molecule has 0 saturated carbocycles.